The summed E-state index contributed by atoms with van der Waals surface area (Å²) in [5.41, 5.74) is 2.79. The van der Waals surface area contributed by atoms with Gasteiger partial charge in [-0.15, -0.1) is 0 Å². The van der Waals surface area contributed by atoms with Gasteiger partial charge in [0.15, 0.2) is 0 Å². The second-order valence-corrected chi connectivity index (χ2v) is 6.75. The second kappa shape index (κ2) is 6.80. The minimum atomic E-state index is -0.0598. The van der Waals surface area contributed by atoms with Gasteiger partial charge in [-0.05, 0) is 49.9 Å². The van der Waals surface area contributed by atoms with E-state index in [2.05, 4.69) is 46.7 Å². The Labute approximate surface area is 133 Å². The average Bonchev–Trinajstić information content (AvgIpc) is 2.55. The molecule has 2 heterocycles. The molecule has 4 heteroatoms. The van der Waals surface area contributed by atoms with E-state index in [0.29, 0.717) is 12.0 Å². The molecule has 1 amide bonds. The lowest BCUT2D eigenvalue weighted by Crippen LogP contribution is -2.54. The quantitative estimate of drug-likeness (QED) is 0.890. The van der Waals surface area contributed by atoms with Crippen LogP contribution in [-0.4, -0.2) is 42.5 Å². The van der Waals surface area contributed by atoms with Gasteiger partial charge in [0.05, 0.1) is 6.04 Å². The predicted octanol–water partition coefficient (Wildman–Crippen LogP) is 1.55. The molecule has 0 aliphatic carbocycles. The Bertz CT molecular complexity index is 531. The number of fused-ring (bicyclic) bond motifs is 1. The fraction of sp³-hybridized carbons (Fsp3) is 0.611. The Morgan fingerprint density at radius 3 is 2.91 bits per heavy atom. The van der Waals surface area contributed by atoms with Crippen molar-refractivity contribution in [3.63, 3.8) is 0 Å². The number of piperidine rings is 1. The van der Waals surface area contributed by atoms with Gasteiger partial charge in [0.1, 0.15) is 0 Å². The van der Waals surface area contributed by atoms with Gasteiger partial charge in [-0.3, -0.25) is 9.69 Å². The Hall–Kier alpha value is -1.39. The van der Waals surface area contributed by atoms with Gasteiger partial charge in [-0.1, -0.05) is 31.2 Å². The van der Waals surface area contributed by atoms with Gasteiger partial charge in [0.25, 0.3) is 0 Å². The van der Waals surface area contributed by atoms with Crippen LogP contribution in [0.25, 0.3) is 0 Å². The fourth-order valence-electron chi connectivity index (χ4n) is 3.55. The topological polar surface area (TPSA) is 44.4 Å². The molecule has 0 spiro atoms. The largest absolute Gasteiger partial charge is 0.352 e. The molecular weight excluding hydrogens is 274 g/mol. The maximum atomic E-state index is 12.6. The lowest BCUT2D eigenvalue weighted by Gasteiger charge is -2.35. The van der Waals surface area contributed by atoms with E-state index < -0.39 is 0 Å². The summed E-state index contributed by atoms with van der Waals surface area (Å²) >= 11 is 0. The van der Waals surface area contributed by atoms with Crippen molar-refractivity contribution in [1.29, 1.82) is 0 Å². The molecule has 1 aromatic rings. The van der Waals surface area contributed by atoms with Crippen molar-refractivity contribution in [3.8, 4) is 0 Å². The molecule has 22 heavy (non-hydrogen) atoms. The van der Waals surface area contributed by atoms with Crippen LogP contribution in [0.4, 0.5) is 0 Å². The number of nitrogens with one attached hydrogen (secondary N) is 2. The smallest absolute Gasteiger partial charge is 0.237 e. The van der Waals surface area contributed by atoms with Crippen LogP contribution >= 0.6 is 0 Å². The van der Waals surface area contributed by atoms with Crippen LogP contribution in [0.1, 0.15) is 31.4 Å². The minimum Gasteiger partial charge on any atom is -0.352 e. The lowest BCUT2D eigenvalue weighted by molar-refractivity contribution is -0.127. The number of hydrogen-bond acceptors (Lipinski definition) is 3. The van der Waals surface area contributed by atoms with Crippen molar-refractivity contribution < 1.29 is 4.79 Å². The van der Waals surface area contributed by atoms with Gasteiger partial charge in [0.2, 0.25) is 5.91 Å². The molecule has 2 N–H and O–H groups in total. The van der Waals surface area contributed by atoms with E-state index >= 15 is 0 Å². The molecule has 2 aliphatic rings. The van der Waals surface area contributed by atoms with Crippen LogP contribution in [0.15, 0.2) is 24.3 Å². The molecule has 3 atom stereocenters. The summed E-state index contributed by atoms with van der Waals surface area (Å²) in [7, 11) is 0. The van der Waals surface area contributed by atoms with E-state index in [9.17, 15) is 4.79 Å². The summed E-state index contributed by atoms with van der Waals surface area (Å²) in [6, 6.07) is 8.82. The first-order chi connectivity index (χ1) is 10.6. The molecule has 0 saturated carbocycles. The number of rotatable bonds is 3. The van der Waals surface area contributed by atoms with Crippen molar-refractivity contribution in [3.05, 3.63) is 35.4 Å². The van der Waals surface area contributed by atoms with Crippen LogP contribution in [0.3, 0.4) is 0 Å². The second-order valence-electron chi connectivity index (χ2n) is 6.75. The summed E-state index contributed by atoms with van der Waals surface area (Å²) in [6.45, 7) is 8.09. The normalized spacial score (nSPS) is 27.0. The van der Waals surface area contributed by atoms with Crippen LogP contribution in [0.5, 0.6) is 0 Å². The molecule has 0 bridgehead atoms. The summed E-state index contributed by atoms with van der Waals surface area (Å²) in [5.74, 6) is 0.685. The monoisotopic (exact) mass is 301 g/mol. The van der Waals surface area contributed by atoms with E-state index in [-0.39, 0.29) is 11.9 Å². The predicted molar refractivity (Wildman–Crippen MR) is 88.6 cm³/mol. The number of nitrogens with zero attached hydrogens (tertiary/aromatic N) is 1. The first-order valence-corrected chi connectivity index (χ1v) is 8.47. The van der Waals surface area contributed by atoms with Crippen LogP contribution in [0, 0.1) is 5.92 Å². The standard InChI is InChI=1S/C18H27N3O/c1-13-11-19-9-7-17(13)20-18(22)14(2)21-10-8-15-5-3-4-6-16(15)12-21/h3-6,13-14,17,19H,7-12H2,1-2H3,(H,20,22). The zero-order valence-electron chi connectivity index (χ0n) is 13.6. The summed E-state index contributed by atoms with van der Waals surface area (Å²) in [4.78, 5) is 14.9. The summed E-state index contributed by atoms with van der Waals surface area (Å²) < 4.78 is 0. The molecule has 3 rings (SSSR count). The number of hydrogen-bond donors (Lipinski definition) is 2. The SMILES string of the molecule is CC1CNCCC1NC(=O)C(C)N1CCc2ccccc2C1. The number of benzene rings is 1. The minimum absolute atomic E-state index is 0.0598. The number of carbonyl (C=O) groups is 1. The molecule has 4 nitrogen and oxygen atoms in total. The summed E-state index contributed by atoms with van der Waals surface area (Å²) in [6.07, 6.45) is 2.07. The Morgan fingerprint density at radius 1 is 1.36 bits per heavy atom. The highest BCUT2D eigenvalue weighted by Crippen LogP contribution is 2.20. The third-order valence-corrected chi connectivity index (χ3v) is 5.20. The van der Waals surface area contributed by atoms with Crippen molar-refractivity contribution >= 4 is 5.91 Å². The van der Waals surface area contributed by atoms with Crippen LogP contribution in [0.2, 0.25) is 0 Å². The Morgan fingerprint density at radius 2 is 2.14 bits per heavy atom. The molecule has 1 fully saturated rings. The van der Waals surface area contributed by atoms with Crippen LogP contribution < -0.4 is 10.6 Å². The van der Waals surface area contributed by atoms with Gasteiger partial charge in [-0.25, -0.2) is 0 Å². The van der Waals surface area contributed by atoms with Crippen LogP contribution in [-0.2, 0) is 17.8 Å². The summed E-state index contributed by atoms with van der Waals surface area (Å²) in [5, 5.41) is 6.65. The van der Waals surface area contributed by atoms with E-state index in [4.69, 9.17) is 0 Å². The van der Waals surface area contributed by atoms with Crippen molar-refractivity contribution in [2.75, 3.05) is 19.6 Å². The number of amides is 1. The zero-order valence-corrected chi connectivity index (χ0v) is 13.6. The maximum Gasteiger partial charge on any atom is 0.237 e. The third kappa shape index (κ3) is 3.33. The highest BCUT2D eigenvalue weighted by Gasteiger charge is 2.28. The molecule has 1 saturated heterocycles. The third-order valence-electron chi connectivity index (χ3n) is 5.20. The van der Waals surface area contributed by atoms with Gasteiger partial charge in [0, 0.05) is 19.1 Å². The molecule has 1 aromatic carbocycles. The van der Waals surface area contributed by atoms with E-state index in [1.54, 1.807) is 0 Å². The number of carbonyl (C=O) groups excluding carboxylic acids is 1. The molecule has 0 aromatic heterocycles. The van der Waals surface area contributed by atoms with Crippen molar-refractivity contribution in [2.24, 2.45) is 5.92 Å². The molecule has 2 aliphatic heterocycles. The van der Waals surface area contributed by atoms with Gasteiger partial charge < -0.3 is 10.6 Å². The zero-order chi connectivity index (χ0) is 15.5. The fourth-order valence-corrected chi connectivity index (χ4v) is 3.55. The molecular formula is C18H27N3O. The van der Waals surface area contributed by atoms with E-state index in [0.717, 1.165) is 39.0 Å². The van der Waals surface area contributed by atoms with Gasteiger partial charge >= 0.3 is 0 Å². The van der Waals surface area contributed by atoms with Gasteiger partial charge in [-0.2, -0.15) is 0 Å². The first-order valence-electron chi connectivity index (χ1n) is 8.47. The van der Waals surface area contributed by atoms with Crippen molar-refractivity contribution in [1.82, 2.24) is 15.5 Å². The van der Waals surface area contributed by atoms with E-state index in [1.165, 1.54) is 11.1 Å². The van der Waals surface area contributed by atoms with E-state index in [1.807, 2.05) is 6.92 Å². The van der Waals surface area contributed by atoms with Crippen molar-refractivity contribution in [2.45, 2.75) is 45.3 Å². The molecule has 3 unspecified atom stereocenters. The molecule has 120 valence electrons. The highest BCUT2D eigenvalue weighted by atomic mass is 16.2. The Kier molecular flexibility index (Phi) is 4.79. The first kappa shape index (κ1) is 15.5. The highest BCUT2D eigenvalue weighted by molar-refractivity contribution is 5.81. The molecule has 0 radical (unpaired) electrons. The average molecular weight is 301 g/mol. The lowest BCUT2D eigenvalue weighted by atomic mass is 9.94. The maximum absolute atomic E-state index is 12.6. The Balaban J connectivity index is 1.59.